The lowest BCUT2D eigenvalue weighted by Gasteiger charge is -2.36. The van der Waals surface area contributed by atoms with Crippen LogP contribution in [0.15, 0.2) is 4.52 Å². The van der Waals surface area contributed by atoms with Gasteiger partial charge in [-0.3, -0.25) is 4.90 Å². The van der Waals surface area contributed by atoms with E-state index in [1.165, 1.54) is 0 Å². The molecule has 0 amide bonds. The Balaban J connectivity index is 1.81. The highest BCUT2D eigenvalue weighted by atomic mass is 16.5. The zero-order valence-corrected chi connectivity index (χ0v) is 7.60. The molecule has 1 aromatic heterocycles. The first-order valence-electron chi connectivity index (χ1n) is 4.40. The highest BCUT2D eigenvalue weighted by Gasteiger charge is 2.26. The second-order valence-electron chi connectivity index (χ2n) is 3.48. The molecule has 1 N–H and O–H groups in total. The van der Waals surface area contributed by atoms with E-state index in [-0.39, 0.29) is 6.61 Å². The van der Waals surface area contributed by atoms with Crippen molar-refractivity contribution < 1.29 is 9.63 Å². The second-order valence-corrected chi connectivity index (χ2v) is 3.48. The van der Waals surface area contributed by atoms with Crippen molar-refractivity contribution in [3.63, 3.8) is 0 Å². The summed E-state index contributed by atoms with van der Waals surface area (Å²) in [6, 6.07) is 0. The number of nitrogens with zero attached hydrogens (tertiary/aromatic N) is 3. The van der Waals surface area contributed by atoms with Gasteiger partial charge in [-0.05, 0) is 6.92 Å². The van der Waals surface area contributed by atoms with E-state index in [1.54, 1.807) is 6.92 Å². The van der Waals surface area contributed by atoms with E-state index in [9.17, 15) is 0 Å². The lowest BCUT2D eigenvalue weighted by molar-refractivity contribution is 0.0402. The molecule has 0 unspecified atom stereocenters. The van der Waals surface area contributed by atoms with Crippen LogP contribution in [-0.2, 0) is 6.54 Å². The van der Waals surface area contributed by atoms with Crippen LogP contribution in [0.2, 0.25) is 0 Å². The number of hydrogen-bond acceptors (Lipinski definition) is 5. The zero-order valence-electron chi connectivity index (χ0n) is 7.60. The Morgan fingerprint density at radius 2 is 2.38 bits per heavy atom. The summed E-state index contributed by atoms with van der Waals surface area (Å²) in [5, 5.41) is 12.5. The first kappa shape index (κ1) is 8.65. The third-order valence-corrected chi connectivity index (χ3v) is 2.22. The number of aliphatic hydroxyl groups is 1. The van der Waals surface area contributed by atoms with Crippen molar-refractivity contribution in [2.24, 2.45) is 5.92 Å². The number of rotatable bonds is 3. The Bertz CT molecular complexity index is 281. The molecule has 5 nitrogen and oxygen atoms in total. The van der Waals surface area contributed by atoms with Gasteiger partial charge >= 0.3 is 0 Å². The van der Waals surface area contributed by atoms with Crippen molar-refractivity contribution in [1.29, 1.82) is 0 Å². The van der Waals surface area contributed by atoms with Crippen LogP contribution < -0.4 is 0 Å². The molecule has 0 aliphatic carbocycles. The standard InChI is InChI=1S/C8H13N3O2/c1-6-9-8(13-10-6)4-11-2-7(3-11)5-12/h7,12H,2-5H2,1H3. The normalized spacial score (nSPS) is 18.9. The van der Waals surface area contributed by atoms with Crippen LogP contribution >= 0.6 is 0 Å². The minimum absolute atomic E-state index is 0.277. The highest BCUT2D eigenvalue weighted by molar-refractivity contribution is 4.87. The molecule has 1 aliphatic rings. The minimum atomic E-state index is 0.277. The first-order valence-corrected chi connectivity index (χ1v) is 4.40. The van der Waals surface area contributed by atoms with Gasteiger partial charge in [0.2, 0.25) is 5.89 Å². The first-order chi connectivity index (χ1) is 6.28. The molecule has 2 heterocycles. The van der Waals surface area contributed by atoms with Crippen LogP contribution in [0.5, 0.6) is 0 Å². The highest BCUT2D eigenvalue weighted by Crippen LogP contribution is 2.16. The van der Waals surface area contributed by atoms with E-state index in [1.807, 2.05) is 0 Å². The Morgan fingerprint density at radius 3 is 2.92 bits per heavy atom. The summed E-state index contributed by atoms with van der Waals surface area (Å²) >= 11 is 0. The van der Waals surface area contributed by atoms with E-state index in [4.69, 9.17) is 9.63 Å². The fourth-order valence-corrected chi connectivity index (χ4v) is 1.52. The molecule has 0 atom stereocenters. The van der Waals surface area contributed by atoms with E-state index in [0.29, 0.717) is 24.2 Å². The van der Waals surface area contributed by atoms with Crippen LogP contribution in [0, 0.1) is 12.8 Å². The quantitative estimate of drug-likeness (QED) is 0.703. The lowest BCUT2D eigenvalue weighted by Crippen LogP contribution is -2.47. The SMILES string of the molecule is Cc1noc(CN2CC(CO)C2)n1. The van der Waals surface area contributed by atoms with Gasteiger partial charge in [-0.15, -0.1) is 0 Å². The molecular weight excluding hydrogens is 170 g/mol. The minimum Gasteiger partial charge on any atom is -0.396 e. The van der Waals surface area contributed by atoms with Gasteiger partial charge in [-0.1, -0.05) is 5.16 Å². The smallest absolute Gasteiger partial charge is 0.240 e. The van der Waals surface area contributed by atoms with E-state index >= 15 is 0 Å². The maximum absolute atomic E-state index is 8.80. The summed E-state index contributed by atoms with van der Waals surface area (Å²) < 4.78 is 4.97. The molecule has 1 fully saturated rings. The summed E-state index contributed by atoms with van der Waals surface area (Å²) in [6.45, 7) is 4.65. The molecule has 0 aromatic carbocycles. The Kier molecular flexibility index (Phi) is 2.28. The number of aliphatic hydroxyl groups excluding tert-OH is 1. The summed E-state index contributed by atoms with van der Waals surface area (Å²) in [6.07, 6.45) is 0. The number of aryl methyl sites for hydroxylation is 1. The van der Waals surface area contributed by atoms with Crippen molar-refractivity contribution in [2.75, 3.05) is 19.7 Å². The summed E-state index contributed by atoms with van der Waals surface area (Å²) in [5.41, 5.74) is 0. The van der Waals surface area contributed by atoms with Crippen molar-refractivity contribution in [1.82, 2.24) is 15.0 Å². The average Bonchev–Trinajstić information content (AvgIpc) is 2.43. The molecule has 1 aliphatic heterocycles. The zero-order chi connectivity index (χ0) is 9.26. The Labute approximate surface area is 76.4 Å². The third-order valence-electron chi connectivity index (χ3n) is 2.22. The van der Waals surface area contributed by atoms with Crippen molar-refractivity contribution >= 4 is 0 Å². The van der Waals surface area contributed by atoms with Crippen LogP contribution in [0.3, 0.4) is 0 Å². The number of likely N-dealkylation sites (tertiary alicyclic amines) is 1. The van der Waals surface area contributed by atoms with Crippen molar-refractivity contribution in [3.8, 4) is 0 Å². The molecule has 0 radical (unpaired) electrons. The largest absolute Gasteiger partial charge is 0.396 e. The molecule has 0 bridgehead atoms. The molecule has 1 aromatic rings. The lowest BCUT2D eigenvalue weighted by atomic mass is 10.0. The molecule has 1 saturated heterocycles. The van der Waals surface area contributed by atoms with E-state index < -0.39 is 0 Å². The van der Waals surface area contributed by atoms with E-state index in [0.717, 1.165) is 13.1 Å². The van der Waals surface area contributed by atoms with Crippen LogP contribution in [0.1, 0.15) is 11.7 Å². The van der Waals surface area contributed by atoms with Crippen LogP contribution in [0.4, 0.5) is 0 Å². The number of hydrogen-bond donors (Lipinski definition) is 1. The molecule has 5 heteroatoms. The predicted octanol–water partition coefficient (Wildman–Crippen LogP) is -0.198. The van der Waals surface area contributed by atoms with Gasteiger partial charge in [0.1, 0.15) is 0 Å². The molecule has 2 rings (SSSR count). The molecule has 0 saturated carbocycles. The summed E-state index contributed by atoms with van der Waals surface area (Å²) in [4.78, 5) is 6.28. The molecule has 0 spiro atoms. The second kappa shape index (κ2) is 3.43. The van der Waals surface area contributed by atoms with Gasteiger partial charge in [-0.2, -0.15) is 4.98 Å². The van der Waals surface area contributed by atoms with Gasteiger partial charge in [0.05, 0.1) is 6.54 Å². The monoisotopic (exact) mass is 183 g/mol. The Morgan fingerprint density at radius 1 is 1.62 bits per heavy atom. The van der Waals surface area contributed by atoms with E-state index in [2.05, 4.69) is 15.0 Å². The molecule has 13 heavy (non-hydrogen) atoms. The van der Waals surface area contributed by atoms with Crippen molar-refractivity contribution in [2.45, 2.75) is 13.5 Å². The van der Waals surface area contributed by atoms with Gasteiger partial charge in [0, 0.05) is 25.6 Å². The fraction of sp³-hybridized carbons (Fsp3) is 0.750. The molecule has 72 valence electrons. The van der Waals surface area contributed by atoms with Gasteiger partial charge < -0.3 is 9.63 Å². The van der Waals surface area contributed by atoms with Crippen molar-refractivity contribution in [3.05, 3.63) is 11.7 Å². The topological polar surface area (TPSA) is 62.4 Å². The predicted molar refractivity (Wildman–Crippen MR) is 44.9 cm³/mol. The van der Waals surface area contributed by atoms with Gasteiger partial charge in [0.25, 0.3) is 0 Å². The van der Waals surface area contributed by atoms with Gasteiger partial charge in [0.15, 0.2) is 5.82 Å². The molecular formula is C8H13N3O2. The van der Waals surface area contributed by atoms with Crippen LogP contribution in [-0.4, -0.2) is 39.8 Å². The maximum Gasteiger partial charge on any atom is 0.240 e. The number of aromatic nitrogens is 2. The Hall–Kier alpha value is -0.940. The summed E-state index contributed by atoms with van der Waals surface area (Å²) in [7, 11) is 0. The average molecular weight is 183 g/mol. The third kappa shape index (κ3) is 1.87. The fourth-order valence-electron chi connectivity index (χ4n) is 1.52. The van der Waals surface area contributed by atoms with Gasteiger partial charge in [-0.25, -0.2) is 0 Å². The summed E-state index contributed by atoms with van der Waals surface area (Å²) in [5.74, 6) is 1.77. The maximum atomic E-state index is 8.80. The van der Waals surface area contributed by atoms with Crippen LogP contribution in [0.25, 0.3) is 0 Å².